The first kappa shape index (κ1) is 16.4. The number of aromatic amines is 1. The molecule has 0 bridgehead atoms. The fourth-order valence-electron chi connectivity index (χ4n) is 2.85. The lowest BCUT2D eigenvalue weighted by Crippen LogP contribution is -2.40. The summed E-state index contributed by atoms with van der Waals surface area (Å²) in [5.41, 5.74) is -1.01. The van der Waals surface area contributed by atoms with Crippen molar-refractivity contribution in [2.45, 2.75) is 23.8 Å². The molecule has 2 heterocycles. The molecule has 1 fully saturated rings. The molecule has 9 nitrogen and oxygen atoms in total. The summed E-state index contributed by atoms with van der Waals surface area (Å²) in [5, 5.41) is 9.22. The lowest BCUT2D eigenvalue weighted by Gasteiger charge is -2.21. The number of hydrogen-bond donors (Lipinski definition) is 2. The van der Waals surface area contributed by atoms with Gasteiger partial charge < -0.3 is 10.1 Å². The molecule has 0 radical (unpaired) electrons. The average Bonchev–Trinajstić information content (AvgIpc) is 3.03. The first-order chi connectivity index (χ1) is 11.2. The van der Waals surface area contributed by atoms with E-state index in [-0.39, 0.29) is 28.8 Å². The lowest BCUT2D eigenvalue weighted by atomic mass is 10.2. The molecule has 0 spiro atoms. The highest BCUT2D eigenvalue weighted by molar-refractivity contribution is 7.89. The van der Waals surface area contributed by atoms with Gasteiger partial charge in [0.25, 0.3) is 5.56 Å². The maximum absolute atomic E-state index is 12.7. The summed E-state index contributed by atoms with van der Waals surface area (Å²) < 4.78 is 27.3. The summed E-state index contributed by atoms with van der Waals surface area (Å²) in [6, 6.07) is 2.64. The number of nitrogens with one attached hydrogen (secondary N) is 1. The monoisotopic (exact) mass is 353 g/mol. The van der Waals surface area contributed by atoms with Gasteiger partial charge in [-0.05, 0) is 31.0 Å². The van der Waals surface area contributed by atoms with Gasteiger partial charge in [0, 0.05) is 13.6 Å². The number of H-pyrrole nitrogens is 1. The van der Waals surface area contributed by atoms with Gasteiger partial charge in [0.1, 0.15) is 6.04 Å². The SMILES string of the molecule is Cn1c(=O)[nH]c2ccc(S(=O)(=O)N3CCCC3C(=O)O)cc2c1=O. The number of rotatable bonds is 3. The Balaban J connectivity index is 2.17. The Hall–Kier alpha value is -2.46. The molecule has 2 aromatic rings. The van der Waals surface area contributed by atoms with Crippen molar-refractivity contribution in [1.82, 2.24) is 13.9 Å². The molecule has 0 saturated carbocycles. The van der Waals surface area contributed by atoms with E-state index in [1.807, 2.05) is 0 Å². The van der Waals surface area contributed by atoms with Crippen LogP contribution in [-0.4, -0.2) is 45.9 Å². The Labute approximate surface area is 136 Å². The fourth-order valence-corrected chi connectivity index (χ4v) is 4.53. The largest absolute Gasteiger partial charge is 0.480 e. The maximum Gasteiger partial charge on any atom is 0.328 e. The van der Waals surface area contributed by atoms with Gasteiger partial charge in [0.2, 0.25) is 10.0 Å². The second-order valence-corrected chi connectivity index (χ2v) is 7.50. The minimum absolute atomic E-state index is 0.0456. The van der Waals surface area contributed by atoms with E-state index in [4.69, 9.17) is 0 Å². The number of carboxylic acid groups (broad SMARTS) is 1. The number of nitrogens with zero attached hydrogens (tertiary/aromatic N) is 2. The highest BCUT2D eigenvalue weighted by Crippen LogP contribution is 2.27. The zero-order valence-corrected chi connectivity index (χ0v) is 13.5. The van der Waals surface area contributed by atoms with Crippen molar-refractivity contribution in [3.8, 4) is 0 Å². The highest BCUT2D eigenvalue weighted by atomic mass is 32.2. The molecular formula is C14H15N3O6S. The van der Waals surface area contributed by atoms with Crippen molar-refractivity contribution in [3.63, 3.8) is 0 Å². The summed E-state index contributed by atoms with van der Waals surface area (Å²) in [6.45, 7) is 0.112. The van der Waals surface area contributed by atoms with Crippen LogP contribution in [0.3, 0.4) is 0 Å². The third-order valence-electron chi connectivity index (χ3n) is 4.17. The van der Waals surface area contributed by atoms with Crippen molar-refractivity contribution >= 4 is 26.9 Å². The van der Waals surface area contributed by atoms with E-state index in [9.17, 15) is 27.9 Å². The summed E-state index contributed by atoms with van der Waals surface area (Å²) in [6.07, 6.45) is 0.704. The maximum atomic E-state index is 12.7. The summed E-state index contributed by atoms with van der Waals surface area (Å²) in [4.78, 5) is 37.3. The molecule has 1 atom stereocenters. The molecule has 1 aromatic carbocycles. The number of fused-ring (bicyclic) bond motifs is 1. The van der Waals surface area contributed by atoms with E-state index in [0.29, 0.717) is 6.42 Å². The summed E-state index contributed by atoms with van der Waals surface area (Å²) >= 11 is 0. The summed E-state index contributed by atoms with van der Waals surface area (Å²) in [7, 11) is -2.77. The van der Waals surface area contributed by atoms with Crippen LogP contribution in [0.15, 0.2) is 32.7 Å². The number of carbonyl (C=O) groups is 1. The quantitative estimate of drug-likeness (QED) is 0.763. The number of aliphatic carboxylic acids is 1. The van der Waals surface area contributed by atoms with Crippen molar-refractivity contribution in [2.75, 3.05) is 6.54 Å². The molecule has 0 amide bonds. The Bertz CT molecular complexity index is 1050. The van der Waals surface area contributed by atoms with Gasteiger partial charge in [-0.1, -0.05) is 0 Å². The van der Waals surface area contributed by atoms with E-state index in [2.05, 4.69) is 4.98 Å². The van der Waals surface area contributed by atoms with Gasteiger partial charge in [-0.2, -0.15) is 4.31 Å². The fraction of sp³-hybridized carbons (Fsp3) is 0.357. The Morgan fingerprint density at radius 2 is 2.04 bits per heavy atom. The molecule has 0 aliphatic carbocycles. The van der Waals surface area contributed by atoms with Gasteiger partial charge in [0.05, 0.1) is 15.8 Å². The minimum Gasteiger partial charge on any atom is -0.480 e. The second-order valence-electron chi connectivity index (χ2n) is 5.61. The van der Waals surface area contributed by atoms with Crippen molar-refractivity contribution in [1.29, 1.82) is 0 Å². The van der Waals surface area contributed by atoms with Crippen LogP contribution >= 0.6 is 0 Å². The molecule has 1 saturated heterocycles. The van der Waals surface area contributed by atoms with E-state index in [1.165, 1.54) is 25.2 Å². The zero-order valence-electron chi connectivity index (χ0n) is 12.7. The topological polar surface area (TPSA) is 130 Å². The smallest absolute Gasteiger partial charge is 0.328 e. The van der Waals surface area contributed by atoms with Crippen LogP contribution in [0.4, 0.5) is 0 Å². The Kier molecular flexibility index (Phi) is 3.80. The third-order valence-corrected chi connectivity index (χ3v) is 6.07. The van der Waals surface area contributed by atoms with Crippen LogP contribution in [0.5, 0.6) is 0 Å². The zero-order chi connectivity index (χ0) is 17.6. The first-order valence-corrected chi connectivity index (χ1v) is 8.65. The minimum atomic E-state index is -4.05. The Morgan fingerprint density at radius 3 is 2.71 bits per heavy atom. The van der Waals surface area contributed by atoms with Gasteiger partial charge >= 0.3 is 11.7 Å². The number of aromatic nitrogens is 2. The van der Waals surface area contributed by atoms with Crippen LogP contribution < -0.4 is 11.2 Å². The van der Waals surface area contributed by atoms with Gasteiger partial charge in [-0.15, -0.1) is 0 Å². The number of hydrogen-bond acceptors (Lipinski definition) is 5. The molecular weight excluding hydrogens is 338 g/mol. The lowest BCUT2D eigenvalue weighted by molar-refractivity contribution is -0.140. The molecule has 3 rings (SSSR count). The van der Waals surface area contributed by atoms with E-state index in [1.54, 1.807) is 0 Å². The number of carboxylic acids is 1. The number of benzene rings is 1. The van der Waals surface area contributed by atoms with Gasteiger partial charge in [-0.25, -0.2) is 13.2 Å². The molecule has 10 heteroatoms. The van der Waals surface area contributed by atoms with Crippen molar-refractivity contribution in [3.05, 3.63) is 39.0 Å². The van der Waals surface area contributed by atoms with Crippen LogP contribution in [0.25, 0.3) is 10.9 Å². The average molecular weight is 353 g/mol. The van der Waals surface area contributed by atoms with E-state index >= 15 is 0 Å². The standard InChI is InChI=1S/C14H15N3O6S/c1-16-12(18)9-7-8(4-5-10(9)15-14(16)21)24(22,23)17-6-2-3-11(17)13(19)20/h4-5,7,11H,2-3,6H2,1H3,(H,15,21)(H,19,20). The molecule has 2 N–H and O–H groups in total. The van der Waals surface area contributed by atoms with Gasteiger partial charge in [-0.3, -0.25) is 14.2 Å². The van der Waals surface area contributed by atoms with Crippen LogP contribution in [0.1, 0.15) is 12.8 Å². The first-order valence-electron chi connectivity index (χ1n) is 7.21. The molecule has 1 aliphatic heterocycles. The molecule has 1 aromatic heterocycles. The predicted octanol–water partition coefficient (Wildman–Crippen LogP) is -0.535. The normalized spacial score (nSPS) is 19.0. The third kappa shape index (κ3) is 2.43. The van der Waals surface area contributed by atoms with Crippen molar-refractivity contribution in [2.24, 2.45) is 7.05 Å². The predicted molar refractivity (Wildman–Crippen MR) is 84.4 cm³/mol. The second kappa shape index (κ2) is 5.56. The Morgan fingerprint density at radius 1 is 1.33 bits per heavy atom. The molecule has 1 aliphatic rings. The summed E-state index contributed by atoms with van der Waals surface area (Å²) in [5.74, 6) is -1.20. The highest BCUT2D eigenvalue weighted by Gasteiger charge is 2.39. The van der Waals surface area contributed by atoms with E-state index in [0.717, 1.165) is 8.87 Å². The molecule has 24 heavy (non-hydrogen) atoms. The molecule has 128 valence electrons. The van der Waals surface area contributed by atoms with Crippen LogP contribution in [0, 0.1) is 0 Å². The van der Waals surface area contributed by atoms with Crippen molar-refractivity contribution < 1.29 is 18.3 Å². The van der Waals surface area contributed by atoms with E-state index < -0.39 is 33.3 Å². The molecule has 1 unspecified atom stereocenters. The van der Waals surface area contributed by atoms with Crippen LogP contribution in [-0.2, 0) is 21.9 Å². The van der Waals surface area contributed by atoms with Crippen LogP contribution in [0.2, 0.25) is 0 Å². The number of sulfonamides is 1. The van der Waals surface area contributed by atoms with Gasteiger partial charge in [0.15, 0.2) is 0 Å².